The second kappa shape index (κ2) is 4.79. The molecule has 0 bridgehead atoms. The smallest absolute Gasteiger partial charge is 0.263 e. The maximum Gasteiger partial charge on any atom is 0.263 e. The van der Waals surface area contributed by atoms with E-state index < -0.39 is 5.91 Å². The van der Waals surface area contributed by atoms with E-state index in [1.54, 1.807) is 18.4 Å². The average molecular weight is 227 g/mol. The third kappa shape index (κ3) is 3.25. The largest absolute Gasteiger partial charge is 0.397 e. The van der Waals surface area contributed by atoms with Gasteiger partial charge in [0.15, 0.2) is 0 Å². The number of thiophene rings is 1. The highest BCUT2D eigenvalue weighted by molar-refractivity contribution is 7.12. The van der Waals surface area contributed by atoms with Gasteiger partial charge in [-0.3, -0.25) is 9.59 Å². The number of primary amides is 1. The first-order chi connectivity index (χ1) is 7.00. The number of hydrogen-bond acceptors (Lipinski definition) is 4. The molecule has 5 nitrogen and oxygen atoms in total. The van der Waals surface area contributed by atoms with Crippen LogP contribution in [0.2, 0.25) is 0 Å². The van der Waals surface area contributed by atoms with E-state index >= 15 is 0 Å². The summed E-state index contributed by atoms with van der Waals surface area (Å²) in [6.45, 7) is 1.71. The predicted molar refractivity (Wildman–Crippen MR) is 59.5 cm³/mol. The molecular weight excluding hydrogens is 214 g/mol. The lowest BCUT2D eigenvalue weighted by atomic mass is 10.2. The van der Waals surface area contributed by atoms with Crippen molar-refractivity contribution in [2.75, 3.05) is 5.73 Å². The molecule has 0 spiro atoms. The topological polar surface area (TPSA) is 98.2 Å². The SMILES string of the molecule is CC(CC(N)=O)NC(=O)c1sccc1N. The summed E-state index contributed by atoms with van der Waals surface area (Å²) in [5.41, 5.74) is 11.0. The zero-order valence-corrected chi connectivity index (χ0v) is 9.14. The summed E-state index contributed by atoms with van der Waals surface area (Å²) in [5.74, 6) is -0.710. The zero-order valence-electron chi connectivity index (χ0n) is 8.32. The molecule has 0 aromatic carbocycles. The van der Waals surface area contributed by atoms with Crippen LogP contribution < -0.4 is 16.8 Å². The van der Waals surface area contributed by atoms with Gasteiger partial charge in [0.05, 0.1) is 5.69 Å². The van der Waals surface area contributed by atoms with E-state index in [9.17, 15) is 9.59 Å². The van der Waals surface area contributed by atoms with Gasteiger partial charge < -0.3 is 16.8 Å². The zero-order chi connectivity index (χ0) is 11.4. The van der Waals surface area contributed by atoms with Crippen molar-refractivity contribution in [1.82, 2.24) is 5.32 Å². The van der Waals surface area contributed by atoms with E-state index in [2.05, 4.69) is 5.32 Å². The molecule has 1 heterocycles. The molecule has 0 radical (unpaired) electrons. The molecule has 0 aliphatic heterocycles. The molecular formula is C9H13N3O2S. The predicted octanol–water partition coefficient (Wildman–Crippen LogP) is 0.324. The van der Waals surface area contributed by atoms with Crippen LogP contribution >= 0.6 is 11.3 Å². The lowest BCUT2D eigenvalue weighted by molar-refractivity contribution is -0.118. The minimum atomic E-state index is -0.443. The van der Waals surface area contributed by atoms with E-state index in [0.29, 0.717) is 10.6 Å². The minimum Gasteiger partial charge on any atom is -0.397 e. The maximum absolute atomic E-state index is 11.6. The van der Waals surface area contributed by atoms with E-state index in [1.165, 1.54) is 11.3 Å². The Morgan fingerprint density at radius 2 is 2.27 bits per heavy atom. The molecule has 0 fully saturated rings. The van der Waals surface area contributed by atoms with Crippen LogP contribution in [0.25, 0.3) is 0 Å². The van der Waals surface area contributed by atoms with Crippen molar-refractivity contribution in [1.29, 1.82) is 0 Å². The van der Waals surface area contributed by atoms with Gasteiger partial charge in [-0.05, 0) is 18.4 Å². The molecule has 0 saturated heterocycles. The van der Waals surface area contributed by atoms with Gasteiger partial charge in [0.1, 0.15) is 4.88 Å². The van der Waals surface area contributed by atoms with Crippen molar-refractivity contribution in [3.8, 4) is 0 Å². The lowest BCUT2D eigenvalue weighted by Crippen LogP contribution is -2.35. The highest BCUT2D eigenvalue weighted by Crippen LogP contribution is 2.18. The number of rotatable bonds is 4. The average Bonchev–Trinajstić information content (AvgIpc) is 2.49. The summed E-state index contributed by atoms with van der Waals surface area (Å²) in [4.78, 5) is 22.6. The quantitative estimate of drug-likeness (QED) is 0.691. The Bertz CT molecular complexity index is 375. The van der Waals surface area contributed by atoms with Gasteiger partial charge in [-0.25, -0.2) is 0 Å². The lowest BCUT2D eigenvalue weighted by Gasteiger charge is -2.11. The number of hydrogen-bond donors (Lipinski definition) is 3. The minimum absolute atomic E-state index is 0.122. The van der Waals surface area contributed by atoms with Gasteiger partial charge in [0.2, 0.25) is 5.91 Å². The van der Waals surface area contributed by atoms with Crippen LogP contribution in [0.15, 0.2) is 11.4 Å². The van der Waals surface area contributed by atoms with Crippen LogP contribution in [0.4, 0.5) is 5.69 Å². The molecule has 6 heteroatoms. The summed E-state index contributed by atoms with van der Waals surface area (Å²) >= 11 is 1.27. The third-order valence-corrected chi connectivity index (χ3v) is 2.72. The van der Waals surface area contributed by atoms with Crippen LogP contribution in [0.3, 0.4) is 0 Å². The summed E-state index contributed by atoms with van der Waals surface area (Å²) in [6, 6.07) is 1.38. The number of carbonyl (C=O) groups is 2. The molecule has 0 aliphatic rings. The maximum atomic E-state index is 11.6. The van der Waals surface area contributed by atoms with Crippen molar-refractivity contribution in [2.24, 2.45) is 5.73 Å². The van der Waals surface area contributed by atoms with Crippen LogP contribution in [0, 0.1) is 0 Å². The number of nitrogen functional groups attached to an aromatic ring is 1. The first kappa shape index (κ1) is 11.5. The summed E-state index contributed by atoms with van der Waals surface area (Å²) in [6.07, 6.45) is 0.122. The standard InChI is InChI=1S/C9H13N3O2S/c1-5(4-7(11)13)12-9(14)8-6(10)2-3-15-8/h2-3,5H,4,10H2,1H3,(H2,11,13)(H,12,14). The Kier molecular flexibility index (Phi) is 3.68. The molecule has 0 saturated carbocycles. The Balaban J connectivity index is 2.56. The van der Waals surface area contributed by atoms with Crippen molar-refractivity contribution < 1.29 is 9.59 Å². The second-order valence-corrected chi connectivity index (χ2v) is 4.17. The Morgan fingerprint density at radius 3 is 2.73 bits per heavy atom. The van der Waals surface area contributed by atoms with Gasteiger partial charge in [0, 0.05) is 12.5 Å². The number of nitrogens with two attached hydrogens (primary N) is 2. The van der Waals surface area contributed by atoms with E-state index in [1.807, 2.05) is 0 Å². The normalized spacial score (nSPS) is 12.1. The summed E-state index contributed by atoms with van der Waals surface area (Å²) in [7, 11) is 0. The van der Waals surface area contributed by atoms with Crippen molar-refractivity contribution in [2.45, 2.75) is 19.4 Å². The molecule has 5 N–H and O–H groups in total. The molecule has 1 aromatic heterocycles. The molecule has 1 rings (SSSR count). The van der Waals surface area contributed by atoms with E-state index in [0.717, 1.165) is 0 Å². The van der Waals surface area contributed by atoms with Crippen LogP contribution in [-0.2, 0) is 4.79 Å². The van der Waals surface area contributed by atoms with Crippen molar-refractivity contribution in [3.63, 3.8) is 0 Å². The highest BCUT2D eigenvalue weighted by atomic mass is 32.1. The Hall–Kier alpha value is -1.56. The van der Waals surface area contributed by atoms with Crippen LogP contribution in [0.1, 0.15) is 23.0 Å². The monoisotopic (exact) mass is 227 g/mol. The van der Waals surface area contributed by atoms with Gasteiger partial charge in [0.25, 0.3) is 5.91 Å². The first-order valence-electron chi connectivity index (χ1n) is 4.43. The van der Waals surface area contributed by atoms with E-state index in [-0.39, 0.29) is 18.4 Å². The van der Waals surface area contributed by atoms with Crippen molar-refractivity contribution in [3.05, 3.63) is 16.3 Å². The molecule has 1 atom stereocenters. The fraction of sp³-hybridized carbons (Fsp3) is 0.333. The number of anilines is 1. The van der Waals surface area contributed by atoms with Gasteiger partial charge in [-0.1, -0.05) is 0 Å². The molecule has 2 amide bonds. The fourth-order valence-electron chi connectivity index (χ4n) is 1.15. The van der Waals surface area contributed by atoms with Gasteiger partial charge in [-0.2, -0.15) is 0 Å². The highest BCUT2D eigenvalue weighted by Gasteiger charge is 2.14. The van der Waals surface area contributed by atoms with Crippen LogP contribution in [-0.4, -0.2) is 17.9 Å². The van der Waals surface area contributed by atoms with E-state index in [4.69, 9.17) is 11.5 Å². The Morgan fingerprint density at radius 1 is 1.60 bits per heavy atom. The van der Waals surface area contributed by atoms with Crippen LogP contribution in [0.5, 0.6) is 0 Å². The number of carbonyl (C=O) groups excluding carboxylic acids is 2. The number of amides is 2. The third-order valence-electron chi connectivity index (χ3n) is 1.79. The molecule has 1 aromatic rings. The molecule has 1 unspecified atom stereocenters. The molecule has 0 aliphatic carbocycles. The summed E-state index contributed by atoms with van der Waals surface area (Å²) < 4.78 is 0. The van der Waals surface area contributed by atoms with Gasteiger partial charge >= 0.3 is 0 Å². The summed E-state index contributed by atoms with van der Waals surface area (Å²) in [5, 5.41) is 4.38. The Labute approximate surface area is 91.4 Å². The number of nitrogens with one attached hydrogen (secondary N) is 1. The van der Waals surface area contributed by atoms with Crippen molar-refractivity contribution >= 4 is 28.8 Å². The first-order valence-corrected chi connectivity index (χ1v) is 5.30. The molecule has 15 heavy (non-hydrogen) atoms. The second-order valence-electron chi connectivity index (χ2n) is 3.25. The molecule has 82 valence electrons. The van der Waals surface area contributed by atoms with Gasteiger partial charge in [-0.15, -0.1) is 11.3 Å². The fourth-order valence-corrected chi connectivity index (χ4v) is 1.87.